The monoisotopic (exact) mass is 536 g/mol. The van der Waals surface area contributed by atoms with Gasteiger partial charge in [-0.1, -0.05) is 35.0 Å². The molecule has 2 heterocycles. The molecule has 0 unspecified atom stereocenters. The number of thiazole rings is 1. The van der Waals surface area contributed by atoms with Gasteiger partial charge in [0.25, 0.3) is 5.91 Å². The molecule has 4 aromatic rings. The van der Waals surface area contributed by atoms with E-state index in [4.69, 9.17) is 23.2 Å². The van der Waals surface area contributed by atoms with Crippen molar-refractivity contribution in [3.05, 3.63) is 81.3 Å². The third-order valence-electron chi connectivity index (χ3n) is 4.38. The van der Waals surface area contributed by atoms with Gasteiger partial charge in [-0.3, -0.25) is 14.2 Å². The van der Waals surface area contributed by atoms with Gasteiger partial charge < -0.3 is 10.6 Å². The first-order chi connectivity index (χ1) is 16.4. The minimum atomic E-state index is -0.446. The molecule has 0 saturated heterocycles. The summed E-state index contributed by atoms with van der Waals surface area (Å²) in [6.07, 6.45) is 1.59. The van der Waals surface area contributed by atoms with Crippen LogP contribution in [-0.4, -0.2) is 37.3 Å². The average molecular weight is 537 g/mol. The summed E-state index contributed by atoms with van der Waals surface area (Å²) >= 11 is 14.5. The van der Waals surface area contributed by atoms with E-state index in [9.17, 15) is 14.0 Å². The number of amides is 2. The minimum absolute atomic E-state index is 0.00206. The van der Waals surface area contributed by atoms with Crippen LogP contribution >= 0.6 is 46.3 Å². The third-order valence-corrected chi connectivity index (χ3v) is 6.56. The van der Waals surface area contributed by atoms with Gasteiger partial charge in [-0.05, 0) is 42.5 Å². The lowest BCUT2D eigenvalue weighted by Gasteiger charge is -2.11. The van der Waals surface area contributed by atoms with E-state index in [-0.39, 0.29) is 28.8 Å². The van der Waals surface area contributed by atoms with E-state index >= 15 is 0 Å². The van der Waals surface area contributed by atoms with Crippen molar-refractivity contribution in [2.75, 3.05) is 11.1 Å². The molecule has 2 amide bonds. The molecule has 0 radical (unpaired) electrons. The Bertz CT molecular complexity index is 1320. The molecule has 34 heavy (non-hydrogen) atoms. The number of hydrogen-bond donors (Lipinski definition) is 2. The molecule has 4 rings (SSSR count). The molecule has 0 bridgehead atoms. The van der Waals surface area contributed by atoms with Gasteiger partial charge in [0.05, 0.1) is 22.9 Å². The first-order valence-electron chi connectivity index (χ1n) is 9.66. The molecule has 0 aliphatic carbocycles. The first kappa shape index (κ1) is 24.1. The summed E-state index contributed by atoms with van der Waals surface area (Å²) in [7, 11) is 0. The molecule has 2 aromatic carbocycles. The third kappa shape index (κ3) is 5.92. The first-order valence-corrected chi connectivity index (χ1v) is 12.3. The van der Waals surface area contributed by atoms with Gasteiger partial charge in [0.15, 0.2) is 16.1 Å². The second-order valence-electron chi connectivity index (χ2n) is 6.69. The van der Waals surface area contributed by atoms with Crippen molar-refractivity contribution in [2.45, 2.75) is 11.7 Å². The van der Waals surface area contributed by atoms with Crippen molar-refractivity contribution in [2.24, 2.45) is 0 Å². The van der Waals surface area contributed by atoms with E-state index in [0.717, 1.165) is 11.8 Å². The Kier molecular flexibility index (Phi) is 7.78. The Morgan fingerprint density at radius 3 is 2.65 bits per heavy atom. The summed E-state index contributed by atoms with van der Waals surface area (Å²) < 4.78 is 15.1. The molecule has 174 valence electrons. The van der Waals surface area contributed by atoms with Crippen LogP contribution in [0.4, 0.5) is 9.52 Å². The molecule has 8 nitrogen and oxygen atoms in total. The van der Waals surface area contributed by atoms with Crippen LogP contribution < -0.4 is 10.6 Å². The van der Waals surface area contributed by atoms with Crippen LogP contribution in [-0.2, 0) is 11.3 Å². The van der Waals surface area contributed by atoms with E-state index in [1.165, 1.54) is 35.6 Å². The lowest BCUT2D eigenvalue weighted by molar-refractivity contribution is -0.113. The van der Waals surface area contributed by atoms with Gasteiger partial charge in [-0.25, -0.2) is 9.37 Å². The normalized spacial score (nSPS) is 10.8. The van der Waals surface area contributed by atoms with E-state index in [1.807, 2.05) is 0 Å². The zero-order chi connectivity index (χ0) is 24.1. The Labute approximate surface area is 211 Å². The van der Waals surface area contributed by atoms with Crippen LogP contribution in [0.5, 0.6) is 0 Å². The number of aromatic nitrogens is 4. The summed E-state index contributed by atoms with van der Waals surface area (Å²) in [5.74, 6) is -0.693. The number of hydrogen-bond acceptors (Lipinski definition) is 7. The maximum Gasteiger partial charge on any atom is 0.253 e. The molecule has 0 fully saturated rings. The fourth-order valence-electron chi connectivity index (χ4n) is 2.85. The highest BCUT2D eigenvalue weighted by atomic mass is 35.5. The maximum atomic E-state index is 13.5. The van der Waals surface area contributed by atoms with Gasteiger partial charge in [0.1, 0.15) is 5.82 Å². The van der Waals surface area contributed by atoms with Crippen LogP contribution in [0.25, 0.3) is 5.69 Å². The van der Waals surface area contributed by atoms with Crippen molar-refractivity contribution < 1.29 is 14.0 Å². The van der Waals surface area contributed by atoms with Crippen LogP contribution in [0.2, 0.25) is 10.0 Å². The van der Waals surface area contributed by atoms with Gasteiger partial charge >= 0.3 is 0 Å². The zero-order valence-corrected chi connectivity index (χ0v) is 20.3. The highest BCUT2D eigenvalue weighted by Gasteiger charge is 2.18. The van der Waals surface area contributed by atoms with Crippen LogP contribution in [0.3, 0.4) is 0 Å². The highest BCUT2D eigenvalue weighted by molar-refractivity contribution is 7.99. The van der Waals surface area contributed by atoms with Crippen molar-refractivity contribution in [3.8, 4) is 5.69 Å². The van der Waals surface area contributed by atoms with Gasteiger partial charge in [0.2, 0.25) is 5.91 Å². The average Bonchev–Trinajstić information content (AvgIpc) is 3.48. The number of nitrogens with zero attached hydrogens (tertiary/aromatic N) is 4. The van der Waals surface area contributed by atoms with E-state index in [1.54, 1.807) is 34.3 Å². The van der Waals surface area contributed by atoms with Crippen molar-refractivity contribution in [1.29, 1.82) is 0 Å². The predicted octanol–water partition coefficient (Wildman–Crippen LogP) is 4.83. The summed E-state index contributed by atoms with van der Waals surface area (Å²) in [4.78, 5) is 28.9. The number of carbonyl (C=O) groups is 2. The number of benzene rings is 2. The van der Waals surface area contributed by atoms with Crippen molar-refractivity contribution in [1.82, 2.24) is 25.1 Å². The highest BCUT2D eigenvalue weighted by Crippen LogP contribution is 2.24. The Balaban J connectivity index is 1.52. The summed E-state index contributed by atoms with van der Waals surface area (Å²) in [5.41, 5.74) is 0.787. The summed E-state index contributed by atoms with van der Waals surface area (Å²) in [5, 5.41) is 17.0. The number of halogens is 3. The molecular weight excluding hydrogens is 522 g/mol. The van der Waals surface area contributed by atoms with Crippen LogP contribution in [0.15, 0.2) is 59.2 Å². The molecule has 2 aromatic heterocycles. The Hall–Kier alpha value is -2.99. The fraction of sp³-hybridized carbons (Fsp3) is 0.0952. The second kappa shape index (κ2) is 11.0. The lowest BCUT2D eigenvalue weighted by atomic mass is 10.2. The summed E-state index contributed by atoms with van der Waals surface area (Å²) in [6.45, 7) is -0.00206. The SMILES string of the molecule is O=C(CSc1nnc(CNC(=O)c2cc(Cl)ccc2Cl)n1-c1ccc(F)cc1)Nc1nccs1. The number of thioether (sulfide) groups is 1. The largest absolute Gasteiger partial charge is 0.345 e. The van der Waals surface area contributed by atoms with E-state index < -0.39 is 11.7 Å². The maximum absolute atomic E-state index is 13.5. The molecule has 0 aliphatic heterocycles. The van der Waals surface area contributed by atoms with Crippen LogP contribution in [0, 0.1) is 5.82 Å². The molecular formula is C21H15Cl2FN6O2S2. The van der Waals surface area contributed by atoms with Crippen molar-refractivity contribution in [3.63, 3.8) is 0 Å². The molecule has 13 heteroatoms. The fourth-order valence-corrected chi connectivity index (χ4v) is 4.55. The van der Waals surface area contributed by atoms with Gasteiger partial charge in [-0.15, -0.1) is 21.5 Å². The summed E-state index contributed by atoms with van der Waals surface area (Å²) in [6, 6.07) is 10.3. The molecule has 0 saturated carbocycles. The van der Waals surface area contributed by atoms with Gasteiger partial charge in [0, 0.05) is 22.3 Å². The molecule has 0 aliphatic rings. The number of nitrogens with one attached hydrogen (secondary N) is 2. The lowest BCUT2D eigenvalue weighted by Crippen LogP contribution is -2.25. The van der Waals surface area contributed by atoms with E-state index in [0.29, 0.717) is 26.8 Å². The number of rotatable bonds is 8. The second-order valence-corrected chi connectivity index (χ2v) is 9.37. The Morgan fingerprint density at radius 1 is 1.12 bits per heavy atom. The smallest absolute Gasteiger partial charge is 0.253 e. The minimum Gasteiger partial charge on any atom is -0.345 e. The standard InChI is InChI=1S/C21H15Cl2FN6O2S2/c22-12-1-6-16(23)15(9-12)19(32)26-10-17-28-29-21(30(17)14-4-2-13(24)3-5-14)34-11-18(31)27-20-25-7-8-33-20/h1-9H,10-11H2,(H,26,32)(H,25,27,31). The van der Waals surface area contributed by atoms with Crippen molar-refractivity contribution >= 4 is 63.2 Å². The molecule has 2 N–H and O–H groups in total. The number of carbonyl (C=O) groups excluding carboxylic acids is 2. The topological polar surface area (TPSA) is 102 Å². The number of anilines is 1. The Morgan fingerprint density at radius 2 is 1.91 bits per heavy atom. The predicted molar refractivity (Wildman–Crippen MR) is 130 cm³/mol. The molecule has 0 atom stereocenters. The van der Waals surface area contributed by atoms with Gasteiger partial charge in [-0.2, -0.15) is 0 Å². The quantitative estimate of drug-likeness (QED) is 0.312. The van der Waals surface area contributed by atoms with Crippen LogP contribution in [0.1, 0.15) is 16.2 Å². The molecule has 0 spiro atoms. The zero-order valence-electron chi connectivity index (χ0n) is 17.2. The van der Waals surface area contributed by atoms with E-state index in [2.05, 4.69) is 25.8 Å².